The van der Waals surface area contributed by atoms with Gasteiger partial charge in [0.05, 0.1) is 11.8 Å². The topological polar surface area (TPSA) is 46.9 Å². The van der Waals surface area contributed by atoms with Crippen LogP contribution in [0.5, 0.6) is 0 Å². The minimum absolute atomic E-state index is 0.0721. The van der Waals surface area contributed by atoms with E-state index in [0.29, 0.717) is 5.56 Å². The standard InChI is InChI=1S/C12H11F2N3O/c1-17-7-9(6-16-17)12(18)15-5-8-4-10(13)2-3-11(8)14/h2-4,6-7H,5H2,1H3,(H,15,18). The minimum atomic E-state index is -0.553. The van der Waals surface area contributed by atoms with Crippen molar-refractivity contribution in [3.05, 3.63) is 53.4 Å². The highest BCUT2D eigenvalue weighted by atomic mass is 19.1. The zero-order valence-electron chi connectivity index (χ0n) is 9.65. The molecule has 94 valence electrons. The number of amides is 1. The molecule has 1 N–H and O–H groups in total. The van der Waals surface area contributed by atoms with Gasteiger partial charge in [-0.25, -0.2) is 8.78 Å². The third-order valence-corrected chi connectivity index (χ3v) is 2.41. The van der Waals surface area contributed by atoms with Crippen LogP contribution in [0.1, 0.15) is 15.9 Å². The Kier molecular flexibility index (Phi) is 3.36. The number of aryl methyl sites for hydroxylation is 1. The fraction of sp³-hybridized carbons (Fsp3) is 0.167. The molecule has 1 amide bonds. The van der Waals surface area contributed by atoms with Gasteiger partial charge in [0.1, 0.15) is 11.6 Å². The van der Waals surface area contributed by atoms with Crippen molar-refractivity contribution in [1.29, 1.82) is 0 Å². The molecule has 6 heteroatoms. The van der Waals surface area contributed by atoms with E-state index >= 15 is 0 Å². The van der Waals surface area contributed by atoms with E-state index in [2.05, 4.69) is 10.4 Å². The SMILES string of the molecule is Cn1cc(C(=O)NCc2cc(F)ccc2F)cn1. The third-order valence-electron chi connectivity index (χ3n) is 2.41. The second-order valence-corrected chi connectivity index (χ2v) is 3.82. The summed E-state index contributed by atoms with van der Waals surface area (Å²) in [5.41, 5.74) is 0.474. The first kappa shape index (κ1) is 12.2. The van der Waals surface area contributed by atoms with Crippen molar-refractivity contribution < 1.29 is 13.6 Å². The highest BCUT2D eigenvalue weighted by Gasteiger charge is 2.09. The van der Waals surface area contributed by atoms with Crippen LogP contribution in [0.25, 0.3) is 0 Å². The van der Waals surface area contributed by atoms with Crippen LogP contribution < -0.4 is 5.32 Å². The van der Waals surface area contributed by atoms with Gasteiger partial charge in [0, 0.05) is 25.4 Å². The van der Waals surface area contributed by atoms with E-state index in [4.69, 9.17) is 0 Å². The van der Waals surface area contributed by atoms with Crippen molar-refractivity contribution in [2.45, 2.75) is 6.54 Å². The zero-order chi connectivity index (χ0) is 13.1. The van der Waals surface area contributed by atoms with Crippen molar-refractivity contribution in [3.8, 4) is 0 Å². The Morgan fingerprint density at radius 3 is 2.89 bits per heavy atom. The number of aromatic nitrogens is 2. The van der Waals surface area contributed by atoms with Gasteiger partial charge in [0.2, 0.25) is 0 Å². The number of rotatable bonds is 3. The quantitative estimate of drug-likeness (QED) is 0.901. The second-order valence-electron chi connectivity index (χ2n) is 3.82. The average molecular weight is 251 g/mol. The summed E-state index contributed by atoms with van der Waals surface area (Å²) in [4.78, 5) is 11.6. The van der Waals surface area contributed by atoms with Gasteiger partial charge in [0.15, 0.2) is 0 Å². The van der Waals surface area contributed by atoms with E-state index < -0.39 is 11.6 Å². The third kappa shape index (κ3) is 2.71. The molecule has 0 unspecified atom stereocenters. The molecule has 1 aromatic carbocycles. The molecule has 4 nitrogen and oxygen atoms in total. The lowest BCUT2D eigenvalue weighted by Gasteiger charge is -2.05. The van der Waals surface area contributed by atoms with Crippen LogP contribution in [0.3, 0.4) is 0 Å². The molecule has 0 aliphatic heterocycles. The van der Waals surface area contributed by atoms with Gasteiger partial charge in [-0.3, -0.25) is 9.48 Å². The number of carbonyl (C=O) groups excluding carboxylic acids is 1. The zero-order valence-corrected chi connectivity index (χ0v) is 9.65. The molecule has 1 aromatic heterocycles. The molecular weight excluding hydrogens is 240 g/mol. The Labute approximate surface area is 102 Å². The maximum absolute atomic E-state index is 13.3. The maximum Gasteiger partial charge on any atom is 0.254 e. The van der Waals surface area contributed by atoms with Crippen LogP contribution >= 0.6 is 0 Å². The molecule has 0 saturated heterocycles. The number of halogens is 2. The van der Waals surface area contributed by atoms with Gasteiger partial charge in [0.25, 0.3) is 5.91 Å². The number of nitrogens with one attached hydrogen (secondary N) is 1. The molecule has 0 saturated carbocycles. The van der Waals surface area contributed by atoms with Crippen LogP contribution in [-0.2, 0) is 13.6 Å². The normalized spacial score (nSPS) is 10.4. The molecule has 18 heavy (non-hydrogen) atoms. The highest BCUT2D eigenvalue weighted by molar-refractivity contribution is 5.93. The molecule has 0 atom stereocenters. The molecule has 0 spiro atoms. The Morgan fingerprint density at radius 1 is 1.44 bits per heavy atom. The molecule has 0 radical (unpaired) electrons. The summed E-state index contributed by atoms with van der Waals surface area (Å²) >= 11 is 0. The lowest BCUT2D eigenvalue weighted by molar-refractivity contribution is 0.0950. The molecule has 0 aliphatic rings. The molecule has 0 bridgehead atoms. The fourth-order valence-corrected chi connectivity index (χ4v) is 1.49. The Hall–Kier alpha value is -2.24. The highest BCUT2D eigenvalue weighted by Crippen LogP contribution is 2.09. The lowest BCUT2D eigenvalue weighted by atomic mass is 10.2. The van der Waals surface area contributed by atoms with Crippen LogP contribution in [0, 0.1) is 11.6 Å². The predicted octanol–water partition coefficient (Wildman–Crippen LogP) is 1.63. The average Bonchev–Trinajstić information content (AvgIpc) is 2.77. The smallest absolute Gasteiger partial charge is 0.254 e. The summed E-state index contributed by atoms with van der Waals surface area (Å²) in [6, 6.07) is 3.11. The van der Waals surface area contributed by atoms with Crippen LogP contribution in [0.4, 0.5) is 8.78 Å². The van der Waals surface area contributed by atoms with Crippen LogP contribution in [-0.4, -0.2) is 15.7 Å². The molecule has 2 aromatic rings. The lowest BCUT2D eigenvalue weighted by Crippen LogP contribution is -2.23. The number of nitrogens with zero attached hydrogens (tertiary/aromatic N) is 2. The molecule has 2 rings (SSSR count). The van der Waals surface area contributed by atoms with E-state index in [1.54, 1.807) is 7.05 Å². The summed E-state index contributed by atoms with van der Waals surface area (Å²) in [6.45, 7) is -0.0721. The monoisotopic (exact) mass is 251 g/mol. The van der Waals surface area contributed by atoms with Crippen molar-refractivity contribution in [2.75, 3.05) is 0 Å². The van der Waals surface area contributed by atoms with Crippen molar-refractivity contribution in [2.24, 2.45) is 7.05 Å². The number of benzene rings is 1. The molecular formula is C12H11F2N3O. The summed E-state index contributed by atoms with van der Waals surface area (Å²) in [6.07, 6.45) is 2.94. The summed E-state index contributed by atoms with van der Waals surface area (Å²) in [5.74, 6) is -1.48. The van der Waals surface area contributed by atoms with Crippen molar-refractivity contribution in [1.82, 2.24) is 15.1 Å². The molecule has 1 heterocycles. The van der Waals surface area contributed by atoms with E-state index in [1.807, 2.05) is 0 Å². The predicted molar refractivity (Wildman–Crippen MR) is 60.7 cm³/mol. The van der Waals surface area contributed by atoms with E-state index in [9.17, 15) is 13.6 Å². The molecule has 0 fully saturated rings. The number of carbonyl (C=O) groups is 1. The Balaban J connectivity index is 2.03. The van der Waals surface area contributed by atoms with Gasteiger partial charge >= 0.3 is 0 Å². The number of hydrogen-bond acceptors (Lipinski definition) is 2. The summed E-state index contributed by atoms with van der Waals surface area (Å²) < 4.78 is 27.7. The first-order valence-electron chi connectivity index (χ1n) is 5.27. The minimum Gasteiger partial charge on any atom is -0.348 e. The van der Waals surface area contributed by atoms with Crippen LogP contribution in [0.15, 0.2) is 30.6 Å². The maximum atomic E-state index is 13.3. The van der Waals surface area contributed by atoms with Gasteiger partial charge in [-0.15, -0.1) is 0 Å². The van der Waals surface area contributed by atoms with Gasteiger partial charge in [-0.1, -0.05) is 0 Å². The summed E-state index contributed by atoms with van der Waals surface area (Å²) in [7, 11) is 1.68. The van der Waals surface area contributed by atoms with Crippen LogP contribution in [0.2, 0.25) is 0 Å². The first-order valence-corrected chi connectivity index (χ1v) is 5.27. The van der Waals surface area contributed by atoms with E-state index in [0.717, 1.165) is 18.2 Å². The molecule has 0 aliphatic carbocycles. The van der Waals surface area contributed by atoms with Gasteiger partial charge in [-0.05, 0) is 18.2 Å². The van der Waals surface area contributed by atoms with E-state index in [1.165, 1.54) is 17.1 Å². The van der Waals surface area contributed by atoms with Gasteiger partial charge in [-0.2, -0.15) is 5.10 Å². The van der Waals surface area contributed by atoms with Crippen molar-refractivity contribution >= 4 is 5.91 Å². The summed E-state index contributed by atoms with van der Waals surface area (Å²) in [5, 5.41) is 6.34. The Morgan fingerprint density at radius 2 is 2.22 bits per heavy atom. The fourth-order valence-electron chi connectivity index (χ4n) is 1.49. The first-order chi connectivity index (χ1) is 8.56. The Bertz CT molecular complexity index is 580. The van der Waals surface area contributed by atoms with E-state index in [-0.39, 0.29) is 18.0 Å². The van der Waals surface area contributed by atoms with Gasteiger partial charge < -0.3 is 5.32 Å². The van der Waals surface area contributed by atoms with Crippen molar-refractivity contribution in [3.63, 3.8) is 0 Å². The second kappa shape index (κ2) is 4.95. The number of hydrogen-bond donors (Lipinski definition) is 1. The largest absolute Gasteiger partial charge is 0.348 e.